The molecule has 1 saturated heterocycles. The molecule has 16 heavy (non-hydrogen) atoms. The molecule has 2 atom stereocenters. The van der Waals surface area contributed by atoms with Gasteiger partial charge < -0.3 is 5.73 Å². The van der Waals surface area contributed by atoms with Crippen LogP contribution in [0.1, 0.15) is 31.5 Å². The van der Waals surface area contributed by atoms with Gasteiger partial charge in [-0.2, -0.15) is 5.10 Å². The van der Waals surface area contributed by atoms with Crippen LogP contribution in [-0.2, 0) is 0 Å². The van der Waals surface area contributed by atoms with Gasteiger partial charge in [0.2, 0.25) is 0 Å². The average molecular weight is 222 g/mol. The minimum atomic E-state index is 0.447. The van der Waals surface area contributed by atoms with Gasteiger partial charge in [-0.15, -0.1) is 0 Å². The van der Waals surface area contributed by atoms with Crippen molar-refractivity contribution in [3.05, 3.63) is 18.0 Å². The van der Waals surface area contributed by atoms with Crippen molar-refractivity contribution in [2.45, 2.75) is 38.8 Å². The van der Waals surface area contributed by atoms with Crippen LogP contribution in [0, 0.1) is 6.92 Å². The zero-order valence-electron chi connectivity index (χ0n) is 10.3. The highest BCUT2D eigenvalue weighted by Gasteiger charge is 2.29. The fourth-order valence-corrected chi connectivity index (χ4v) is 2.68. The van der Waals surface area contributed by atoms with Crippen LogP contribution in [-0.4, -0.2) is 40.4 Å². The highest BCUT2D eigenvalue weighted by atomic mass is 15.3. The second kappa shape index (κ2) is 4.97. The normalized spacial score (nSPS) is 23.8. The van der Waals surface area contributed by atoms with E-state index in [2.05, 4.69) is 33.9 Å². The van der Waals surface area contributed by atoms with Crippen molar-refractivity contribution in [2.75, 3.05) is 19.6 Å². The molecule has 90 valence electrons. The van der Waals surface area contributed by atoms with Gasteiger partial charge in [-0.3, -0.25) is 9.58 Å². The van der Waals surface area contributed by atoms with Crippen molar-refractivity contribution in [3.63, 3.8) is 0 Å². The molecule has 0 saturated carbocycles. The third-order valence-electron chi connectivity index (χ3n) is 3.55. The topological polar surface area (TPSA) is 47.1 Å². The number of likely N-dealkylation sites (tertiary alicyclic amines) is 1. The fourth-order valence-electron chi connectivity index (χ4n) is 2.68. The van der Waals surface area contributed by atoms with Gasteiger partial charge in [0.1, 0.15) is 0 Å². The minimum Gasteiger partial charge on any atom is -0.329 e. The molecule has 0 aromatic carbocycles. The summed E-state index contributed by atoms with van der Waals surface area (Å²) in [5.74, 6) is 0. The summed E-state index contributed by atoms with van der Waals surface area (Å²) in [6.45, 7) is 7.24. The molecule has 0 amide bonds. The van der Waals surface area contributed by atoms with Crippen molar-refractivity contribution in [1.82, 2.24) is 14.7 Å². The SMILES string of the molecule is Cc1ccn([C@@H](C)[C@@H]2CCCN2CCN)n1. The van der Waals surface area contributed by atoms with E-state index in [-0.39, 0.29) is 0 Å². The molecule has 2 N–H and O–H groups in total. The van der Waals surface area contributed by atoms with Crippen LogP contribution in [0.5, 0.6) is 0 Å². The van der Waals surface area contributed by atoms with E-state index in [1.807, 2.05) is 6.92 Å². The lowest BCUT2D eigenvalue weighted by molar-refractivity contribution is 0.196. The van der Waals surface area contributed by atoms with Gasteiger partial charge in [0.15, 0.2) is 0 Å². The number of nitrogens with two attached hydrogens (primary N) is 1. The van der Waals surface area contributed by atoms with Gasteiger partial charge in [0.25, 0.3) is 0 Å². The number of hydrogen-bond donors (Lipinski definition) is 1. The Bertz CT molecular complexity index is 334. The molecule has 1 aliphatic heterocycles. The van der Waals surface area contributed by atoms with Gasteiger partial charge >= 0.3 is 0 Å². The molecule has 0 bridgehead atoms. The molecule has 4 nitrogen and oxygen atoms in total. The van der Waals surface area contributed by atoms with Crippen molar-refractivity contribution >= 4 is 0 Å². The van der Waals surface area contributed by atoms with E-state index in [9.17, 15) is 0 Å². The standard InChI is InChI=1S/C12H22N4/c1-10-5-8-16(14-10)11(2)12-4-3-7-15(12)9-6-13/h5,8,11-12H,3-4,6-7,9,13H2,1-2H3/t11-,12-/m0/s1. The predicted molar refractivity (Wildman–Crippen MR) is 65.3 cm³/mol. The van der Waals surface area contributed by atoms with Crippen LogP contribution in [0.25, 0.3) is 0 Å². The molecule has 1 fully saturated rings. The summed E-state index contributed by atoms with van der Waals surface area (Å²) in [4.78, 5) is 2.50. The summed E-state index contributed by atoms with van der Waals surface area (Å²) in [6.07, 6.45) is 4.63. The summed E-state index contributed by atoms with van der Waals surface area (Å²) >= 11 is 0. The molecular weight excluding hydrogens is 200 g/mol. The maximum atomic E-state index is 5.65. The summed E-state index contributed by atoms with van der Waals surface area (Å²) < 4.78 is 2.09. The first-order chi connectivity index (χ1) is 7.72. The number of nitrogens with zero attached hydrogens (tertiary/aromatic N) is 3. The number of aryl methyl sites for hydroxylation is 1. The third-order valence-corrected chi connectivity index (χ3v) is 3.55. The molecular formula is C12H22N4. The lowest BCUT2D eigenvalue weighted by Crippen LogP contribution is -2.38. The lowest BCUT2D eigenvalue weighted by Gasteiger charge is -2.29. The highest BCUT2D eigenvalue weighted by Crippen LogP contribution is 2.26. The molecule has 0 unspecified atom stereocenters. The molecule has 1 aromatic heterocycles. The van der Waals surface area contributed by atoms with Gasteiger partial charge in [-0.05, 0) is 39.3 Å². The first-order valence-electron chi connectivity index (χ1n) is 6.18. The Morgan fingerprint density at radius 2 is 2.44 bits per heavy atom. The second-order valence-electron chi connectivity index (χ2n) is 4.71. The van der Waals surface area contributed by atoms with Gasteiger partial charge in [0, 0.05) is 25.3 Å². The molecule has 2 rings (SSSR count). The van der Waals surface area contributed by atoms with Crippen LogP contribution < -0.4 is 5.73 Å². The Morgan fingerprint density at radius 3 is 3.06 bits per heavy atom. The molecule has 0 radical (unpaired) electrons. The Kier molecular flexibility index (Phi) is 3.61. The van der Waals surface area contributed by atoms with Crippen molar-refractivity contribution in [2.24, 2.45) is 5.73 Å². The Balaban J connectivity index is 2.05. The zero-order chi connectivity index (χ0) is 11.5. The quantitative estimate of drug-likeness (QED) is 0.832. The van der Waals surface area contributed by atoms with Crippen LogP contribution in [0.15, 0.2) is 12.3 Å². The molecule has 0 aliphatic carbocycles. The lowest BCUT2D eigenvalue weighted by atomic mass is 10.1. The summed E-state index contributed by atoms with van der Waals surface area (Å²) in [5, 5.41) is 4.51. The van der Waals surface area contributed by atoms with Crippen LogP contribution in [0.2, 0.25) is 0 Å². The van der Waals surface area contributed by atoms with Crippen LogP contribution in [0.4, 0.5) is 0 Å². The van der Waals surface area contributed by atoms with E-state index in [0.717, 1.165) is 18.8 Å². The van der Waals surface area contributed by atoms with Gasteiger partial charge in [-0.25, -0.2) is 0 Å². The Labute approximate surface area is 97.4 Å². The van der Waals surface area contributed by atoms with Crippen LogP contribution in [0.3, 0.4) is 0 Å². The summed E-state index contributed by atoms with van der Waals surface area (Å²) in [5.41, 5.74) is 6.74. The Hall–Kier alpha value is -0.870. The van der Waals surface area contributed by atoms with E-state index in [4.69, 9.17) is 5.73 Å². The van der Waals surface area contributed by atoms with E-state index in [1.54, 1.807) is 0 Å². The van der Waals surface area contributed by atoms with Crippen molar-refractivity contribution in [3.8, 4) is 0 Å². The Morgan fingerprint density at radius 1 is 1.62 bits per heavy atom. The second-order valence-corrected chi connectivity index (χ2v) is 4.71. The predicted octanol–water partition coefficient (Wildman–Crippen LogP) is 1.18. The molecule has 1 aliphatic rings. The minimum absolute atomic E-state index is 0.447. The third kappa shape index (κ3) is 2.28. The molecule has 2 heterocycles. The smallest absolute Gasteiger partial charge is 0.0646 e. The highest BCUT2D eigenvalue weighted by molar-refractivity contribution is 4.97. The molecule has 0 spiro atoms. The van der Waals surface area contributed by atoms with Crippen LogP contribution >= 0.6 is 0 Å². The van der Waals surface area contributed by atoms with E-state index < -0.39 is 0 Å². The number of rotatable bonds is 4. The van der Waals surface area contributed by atoms with E-state index in [1.165, 1.54) is 19.4 Å². The first-order valence-corrected chi connectivity index (χ1v) is 6.18. The molecule has 1 aromatic rings. The largest absolute Gasteiger partial charge is 0.329 e. The maximum Gasteiger partial charge on any atom is 0.0646 e. The zero-order valence-corrected chi connectivity index (χ0v) is 10.3. The van der Waals surface area contributed by atoms with Gasteiger partial charge in [-0.1, -0.05) is 0 Å². The van der Waals surface area contributed by atoms with Crippen molar-refractivity contribution < 1.29 is 0 Å². The van der Waals surface area contributed by atoms with Gasteiger partial charge in [0.05, 0.1) is 11.7 Å². The molecule has 4 heteroatoms. The average Bonchev–Trinajstić information content (AvgIpc) is 2.87. The van der Waals surface area contributed by atoms with E-state index in [0.29, 0.717) is 12.1 Å². The summed E-state index contributed by atoms with van der Waals surface area (Å²) in [7, 11) is 0. The summed E-state index contributed by atoms with van der Waals surface area (Å²) in [6, 6.07) is 3.12. The first kappa shape index (κ1) is 11.6. The number of hydrogen-bond acceptors (Lipinski definition) is 3. The van der Waals surface area contributed by atoms with Crippen molar-refractivity contribution in [1.29, 1.82) is 0 Å². The number of aromatic nitrogens is 2. The monoisotopic (exact) mass is 222 g/mol. The fraction of sp³-hybridized carbons (Fsp3) is 0.750. The van der Waals surface area contributed by atoms with E-state index >= 15 is 0 Å². The maximum absolute atomic E-state index is 5.65.